The smallest absolute Gasteiger partial charge is 0.253 e. The number of hydrogen-bond acceptors (Lipinski definition) is 4. The summed E-state index contributed by atoms with van der Waals surface area (Å²) in [5, 5.41) is 0. The number of carbonyl (C=O) groups is 1. The second kappa shape index (κ2) is 4.44. The summed E-state index contributed by atoms with van der Waals surface area (Å²) in [5.41, 5.74) is 0. The third-order valence-corrected chi connectivity index (χ3v) is 6.14. The molecule has 16 heavy (non-hydrogen) atoms. The second-order valence-corrected chi connectivity index (χ2v) is 7.35. The molecule has 7 heteroatoms. The Morgan fingerprint density at radius 2 is 2.25 bits per heavy atom. The van der Waals surface area contributed by atoms with Crippen LogP contribution in [0.15, 0.2) is 16.3 Å². The highest BCUT2D eigenvalue weighted by atomic mass is 35.5. The molecule has 1 aromatic heterocycles. The van der Waals surface area contributed by atoms with Gasteiger partial charge in [-0.05, 0) is 25.0 Å². The van der Waals surface area contributed by atoms with Crippen molar-refractivity contribution in [3.8, 4) is 0 Å². The van der Waals surface area contributed by atoms with E-state index < -0.39 is 16.1 Å². The number of hydrogen-bond donors (Lipinski definition) is 0. The molecule has 2 heterocycles. The molecule has 1 aliphatic heterocycles. The largest absolute Gasteiger partial charge is 0.302 e. The molecule has 88 valence electrons. The predicted octanol–water partition coefficient (Wildman–Crippen LogP) is 1.75. The molecule has 0 spiro atoms. The zero-order valence-electron chi connectivity index (χ0n) is 8.30. The molecular weight excluding hydrogens is 270 g/mol. The molecule has 1 saturated heterocycles. The second-order valence-electron chi connectivity index (χ2n) is 3.52. The number of rotatable bonds is 3. The molecule has 4 nitrogen and oxygen atoms in total. The van der Waals surface area contributed by atoms with Crippen molar-refractivity contribution >= 4 is 39.2 Å². The van der Waals surface area contributed by atoms with Crippen molar-refractivity contribution in [1.82, 2.24) is 4.31 Å². The van der Waals surface area contributed by atoms with Crippen LogP contribution >= 0.6 is 22.9 Å². The Kier molecular flexibility index (Phi) is 3.34. The molecule has 1 aromatic rings. The Balaban J connectivity index is 2.35. The molecule has 2 rings (SSSR count). The molecule has 1 aliphatic rings. The normalized spacial score (nSPS) is 22.4. The van der Waals surface area contributed by atoms with Crippen LogP contribution in [0.4, 0.5) is 0 Å². The third-order valence-electron chi connectivity index (χ3n) is 2.52. The van der Waals surface area contributed by atoms with Crippen molar-refractivity contribution in [1.29, 1.82) is 0 Å². The van der Waals surface area contributed by atoms with Crippen molar-refractivity contribution < 1.29 is 13.2 Å². The summed E-state index contributed by atoms with van der Waals surface area (Å²) in [7, 11) is -3.54. The summed E-state index contributed by atoms with van der Waals surface area (Å²) in [5.74, 6) is 0. The summed E-state index contributed by atoms with van der Waals surface area (Å²) in [6.45, 7) is 0.404. The maximum absolute atomic E-state index is 12.1. The number of aldehydes is 1. The van der Waals surface area contributed by atoms with Crippen LogP contribution in [0.3, 0.4) is 0 Å². The fourth-order valence-electron chi connectivity index (χ4n) is 1.75. The van der Waals surface area contributed by atoms with E-state index in [0.29, 0.717) is 23.6 Å². The molecule has 0 saturated carbocycles. The molecule has 1 unspecified atom stereocenters. The van der Waals surface area contributed by atoms with Crippen LogP contribution < -0.4 is 0 Å². The van der Waals surface area contributed by atoms with Crippen LogP contribution in [-0.4, -0.2) is 31.6 Å². The molecule has 0 bridgehead atoms. The lowest BCUT2D eigenvalue weighted by Gasteiger charge is -2.18. The van der Waals surface area contributed by atoms with Gasteiger partial charge in [-0.1, -0.05) is 11.6 Å². The van der Waals surface area contributed by atoms with Gasteiger partial charge in [-0.3, -0.25) is 0 Å². The Morgan fingerprint density at radius 3 is 2.81 bits per heavy atom. The zero-order chi connectivity index (χ0) is 11.8. The van der Waals surface area contributed by atoms with Gasteiger partial charge in [0.1, 0.15) is 10.5 Å². The molecular formula is C9H10ClNO3S2. The number of carbonyl (C=O) groups excluding carboxylic acids is 1. The average Bonchev–Trinajstić information content (AvgIpc) is 2.85. The van der Waals surface area contributed by atoms with E-state index in [1.165, 1.54) is 10.4 Å². The van der Waals surface area contributed by atoms with E-state index in [9.17, 15) is 13.2 Å². The van der Waals surface area contributed by atoms with Crippen molar-refractivity contribution in [2.45, 2.75) is 23.1 Å². The monoisotopic (exact) mass is 279 g/mol. The van der Waals surface area contributed by atoms with Gasteiger partial charge in [0.2, 0.25) is 0 Å². The topological polar surface area (TPSA) is 54.5 Å². The summed E-state index contributed by atoms with van der Waals surface area (Å²) < 4.78 is 26.2. The molecule has 1 atom stereocenters. The van der Waals surface area contributed by atoms with Crippen LogP contribution in [0.1, 0.15) is 12.8 Å². The number of halogens is 1. The van der Waals surface area contributed by atoms with Gasteiger partial charge >= 0.3 is 0 Å². The fourth-order valence-corrected chi connectivity index (χ4v) is 5.00. The average molecular weight is 280 g/mol. The minimum Gasteiger partial charge on any atom is -0.302 e. The van der Waals surface area contributed by atoms with E-state index in [0.717, 1.165) is 17.8 Å². The first-order valence-corrected chi connectivity index (χ1v) is 7.41. The maximum Gasteiger partial charge on any atom is 0.253 e. The van der Waals surface area contributed by atoms with Crippen LogP contribution in [0.5, 0.6) is 0 Å². The molecule has 0 N–H and O–H groups in total. The molecule has 0 amide bonds. The quantitative estimate of drug-likeness (QED) is 0.792. The van der Waals surface area contributed by atoms with Gasteiger partial charge in [0.25, 0.3) is 10.0 Å². The molecule has 1 fully saturated rings. The third kappa shape index (κ3) is 2.02. The first-order valence-electron chi connectivity index (χ1n) is 4.78. The summed E-state index contributed by atoms with van der Waals surface area (Å²) >= 11 is 6.72. The van der Waals surface area contributed by atoms with Gasteiger partial charge in [0.15, 0.2) is 0 Å². The summed E-state index contributed by atoms with van der Waals surface area (Å²) in [4.78, 5) is 10.8. The van der Waals surface area contributed by atoms with E-state index in [-0.39, 0.29) is 4.21 Å². The standard InChI is InChI=1S/C9H10ClNO3S2/c10-8-3-4-9(15-8)16(13,14)11-5-1-2-7(11)6-12/h3-4,6-7H,1-2,5H2. The number of sulfonamides is 1. The Hall–Kier alpha value is -0.430. The summed E-state index contributed by atoms with van der Waals surface area (Å²) in [6, 6.07) is 2.50. The minimum absolute atomic E-state index is 0.200. The van der Waals surface area contributed by atoms with Gasteiger partial charge in [0, 0.05) is 6.54 Å². The Morgan fingerprint density at radius 1 is 1.50 bits per heavy atom. The SMILES string of the molecule is O=CC1CCCN1S(=O)(=O)c1ccc(Cl)s1. The van der Waals surface area contributed by atoms with Crippen molar-refractivity contribution in [3.05, 3.63) is 16.5 Å². The van der Waals surface area contributed by atoms with Gasteiger partial charge in [-0.15, -0.1) is 11.3 Å². The highest BCUT2D eigenvalue weighted by Crippen LogP contribution is 2.31. The van der Waals surface area contributed by atoms with Gasteiger partial charge in [-0.2, -0.15) is 4.31 Å². The molecule has 0 aliphatic carbocycles. The highest BCUT2D eigenvalue weighted by molar-refractivity contribution is 7.91. The van der Waals surface area contributed by atoms with Gasteiger partial charge in [0.05, 0.1) is 10.4 Å². The maximum atomic E-state index is 12.1. The predicted molar refractivity (Wildman–Crippen MR) is 62.3 cm³/mol. The lowest BCUT2D eigenvalue weighted by molar-refractivity contribution is -0.110. The lowest BCUT2D eigenvalue weighted by Crippen LogP contribution is -2.35. The van der Waals surface area contributed by atoms with Crippen molar-refractivity contribution in [2.24, 2.45) is 0 Å². The zero-order valence-corrected chi connectivity index (χ0v) is 10.7. The number of nitrogens with zero attached hydrogens (tertiary/aromatic N) is 1. The molecule has 0 radical (unpaired) electrons. The van der Waals surface area contributed by atoms with Crippen molar-refractivity contribution in [2.75, 3.05) is 6.54 Å². The van der Waals surface area contributed by atoms with Gasteiger partial charge < -0.3 is 4.79 Å². The van der Waals surface area contributed by atoms with Crippen LogP contribution in [0.25, 0.3) is 0 Å². The fraction of sp³-hybridized carbons (Fsp3) is 0.444. The first kappa shape index (κ1) is 12.0. The number of thiophene rings is 1. The van der Waals surface area contributed by atoms with E-state index in [2.05, 4.69) is 0 Å². The highest BCUT2D eigenvalue weighted by Gasteiger charge is 2.35. The van der Waals surface area contributed by atoms with Crippen LogP contribution in [0, 0.1) is 0 Å². The van der Waals surface area contributed by atoms with E-state index in [1.807, 2.05) is 0 Å². The van der Waals surface area contributed by atoms with Crippen LogP contribution in [0.2, 0.25) is 4.34 Å². The minimum atomic E-state index is -3.54. The Bertz CT molecular complexity index is 497. The van der Waals surface area contributed by atoms with Crippen LogP contribution in [-0.2, 0) is 14.8 Å². The lowest BCUT2D eigenvalue weighted by atomic mass is 10.2. The van der Waals surface area contributed by atoms with Gasteiger partial charge in [-0.25, -0.2) is 8.42 Å². The van der Waals surface area contributed by atoms with E-state index in [1.54, 1.807) is 6.07 Å². The first-order chi connectivity index (χ1) is 7.55. The Labute approximate surface area is 103 Å². The van der Waals surface area contributed by atoms with Crippen molar-refractivity contribution in [3.63, 3.8) is 0 Å². The summed E-state index contributed by atoms with van der Waals surface area (Å²) in [6.07, 6.45) is 2.02. The van der Waals surface area contributed by atoms with E-state index in [4.69, 9.17) is 11.6 Å². The van der Waals surface area contributed by atoms with E-state index >= 15 is 0 Å². The molecule has 0 aromatic carbocycles.